The number of nitrogens with one attached hydrogen (secondary N) is 1. The predicted octanol–water partition coefficient (Wildman–Crippen LogP) is 3.00. The Morgan fingerprint density at radius 3 is 2.62 bits per heavy atom. The molecular formula is C19H17NO4. The van der Waals surface area contributed by atoms with E-state index in [0.29, 0.717) is 23.2 Å². The molecule has 24 heavy (non-hydrogen) atoms. The standard InChI is InChI=1S/C19H17NO4/c1-12(21)13-7-5-8-15(10-13)20-18(23)19(2)11-14-6-3-4-9-16(14)17(22)24-19/h3-10H,11H2,1-2H3,(H,20,23). The number of Topliss-reactive ketones (excluding diaryl/α,β-unsaturated/α-hetero) is 1. The number of esters is 1. The van der Waals surface area contributed by atoms with E-state index < -0.39 is 17.5 Å². The molecule has 2 aromatic carbocycles. The highest BCUT2D eigenvalue weighted by molar-refractivity contribution is 6.03. The van der Waals surface area contributed by atoms with Gasteiger partial charge < -0.3 is 10.1 Å². The average molecular weight is 323 g/mol. The Hall–Kier alpha value is -2.95. The van der Waals surface area contributed by atoms with Gasteiger partial charge in [0.2, 0.25) is 0 Å². The van der Waals surface area contributed by atoms with Crippen LogP contribution >= 0.6 is 0 Å². The molecule has 0 aliphatic carbocycles. The molecule has 5 nitrogen and oxygen atoms in total. The van der Waals surface area contributed by atoms with Crippen LogP contribution in [0.25, 0.3) is 0 Å². The zero-order valence-corrected chi connectivity index (χ0v) is 13.5. The number of hydrogen-bond donors (Lipinski definition) is 1. The van der Waals surface area contributed by atoms with Crippen molar-refractivity contribution in [2.45, 2.75) is 25.9 Å². The van der Waals surface area contributed by atoms with Crippen molar-refractivity contribution in [2.75, 3.05) is 5.32 Å². The van der Waals surface area contributed by atoms with Crippen molar-refractivity contribution < 1.29 is 19.1 Å². The predicted molar refractivity (Wildman–Crippen MR) is 89.0 cm³/mol. The van der Waals surface area contributed by atoms with E-state index in [1.165, 1.54) is 6.92 Å². The number of amides is 1. The number of carbonyl (C=O) groups excluding carboxylic acids is 3. The summed E-state index contributed by atoms with van der Waals surface area (Å²) in [7, 11) is 0. The maximum atomic E-state index is 12.7. The lowest BCUT2D eigenvalue weighted by molar-refractivity contribution is -0.134. The molecule has 0 aromatic heterocycles. The lowest BCUT2D eigenvalue weighted by Gasteiger charge is -2.33. The van der Waals surface area contributed by atoms with E-state index in [9.17, 15) is 14.4 Å². The first kappa shape index (κ1) is 15.9. The Labute approximate surface area is 139 Å². The zero-order chi connectivity index (χ0) is 17.3. The van der Waals surface area contributed by atoms with E-state index in [-0.39, 0.29) is 5.78 Å². The molecule has 1 atom stereocenters. The van der Waals surface area contributed by atoms with Crippen molar-refractivity contribution in [3.05, 3.63) is 65.2 Å². The highest BCUT2D eigenvalue weighted by Gasteiger charge is 2.42. The van der Waals surface area contributed by atoms with Gasteiger partial charge in [0.1, 0.15) is 0 Å². The summed E-state index contributed by atoms with van der Waals surface area (Å²) in [4.78, 5) is 36.3. The first-order chi connectivity index (χ1) is 11.4. The van der Waals surface area contributed by atoms with Crippen LogP contribution in [0.15, 0.2) is 48.5 Å². The summed E-state index contributed by atoms with van der Waals surface area (Å²) in [6.45, 7) is 3.05. The molecule has 1 aliphatic rings. The van der Waals surface area contributed by atoms with Gasteiger partial charge in [0.15, 0.2) is 11.4 Å². The van der Waals surface area contributed by atoms with E-state index in [2.05, 4.69) is 5.32 Å². The molecule has 5 heteroatoms. The molecule has 1 N–H and O–H groups in total. The smallest absolute Gasteiger partial charge is 0.339 e. The number of benzene rings is 2. The summed E-state index contributed by atoms with van der Waals surface area (Å²) < 4.78 is 5.39. The van der Waals surface area contributed by atoms with Gasteiger partial charge in [0, 0.05) is 17.7 Å². The first-order valence-corrected chi connectivity index (χ1v) is 7.63. The van der Waals surface area contributed by atoms with Gasteiger partial charge in [-0.1, -0.05) is 30.3 Å². The van der Waals surface area contributed by atoms with E-state index >= 15 is 0 Å². The zero-order valence-electron chi connectivity index (χ0n) is 13.5. The molecule has 0 radical (unpaired) electrons. The van der Waals surface area contributed by atoms with Crippen molar-refractivity contribution >= 4 is 23.3 Å². The quantitative estimate of drug-likeness (QED) is 0.696. The Morgan fingerprint density at radius 1 is 1.12 bits per heavy atom. The van der Waals surface area contributed by atoms with Gasteiger partial charge in [-0.05, 0) is 37.6 Å². The molecule has 0 bridgehead atoms. The lowest BCUT2D eigenvalue weighted by Crippen LogP contribution is -2.48. The normalized spacial score (nSPS) is 19.2. The molecule has 122 valence electrons. The van der Waals surface area contributed by atoms with E-state index in [1.807, 2.05) is 12.1 Å². The minimum Gasteiger partial charge on any atom is -0.445 e. The van der Waals surface area contributed by atoms with Crippen molar-refractivity contribution in [1.82, 2.24) is 0 Å². The first-order valence-electron chi connectivity index (χ1n) is 7.63. The molecule has 3 rings (SSSR count). The fourth-order valence-electron chi connectivity index (χ4n) is 2.74. The number of ether oxygens (including phenoxy) is 1. The van der Waals surface area contributed by atoms with Crippen LogP contribution in [0.2, 0.25) is 0 Å². The largest absolute Gasteiger partial charge is 0.445 e. The van der Waals surface area contributed by atoms with Crippen molar-refractivity contribution in [1.29, 1.82) is 0 Å². The van der Waals surface area contributed by atoms with Gasteiger partial charge in [-0.2, -0.15) is 0 Å². The summed E-state index contributed by atoms with van der Waals surface area (Å²) in [5.74, 6) is -1.02. The second-order valence-corrected chi connectivity index (χ2v) is 6.05. The molecule has 1 heterocycles. The molecule has 0 saturated heterocycles. The molecule has 1 unspecified atom stereocenters. The van der Waals surface area contributed by atoms with Crippen molar-refractivity contribution in [3.8, 4) is 0 Å². The van der Waals surface area contributed by atoms with E-state index in [0.717, 1.165) is 5.56 Å². The van der Waals surface area contributed by atoms with E-state index in [1.54, 1.807) is 43.3 Å². The molecule has 0 saturated carbocycles. The number of fused-ring (bicyclic) bond motifs is 1. The monoisotopic (exact) mass is 323 g/mol. The maximum Gasteiger partial charge on any atom is 0.339 e. The highest BCUT2D eigenvalue weighted by atomic mass is 16.6. The summed E-state index contributed by atoms with van der Waals surface area (Å²) in [5, 5.41) is 2.73. The van der Waals surface area contributed by atoms with Crippen molar-refractivity contribution in [2.24, 2.45) is 0 Å². The fourth-order valence-corrected chi connectivity index (χ4v) is 2.74. The minimum atomic E-state index is -1.29. The van der Waals surface area contributed by atoms with Gasteiger partial charge in [-0.3, -0.25) is 9.59 Å². The van der Waals surface area contributed by atoms with Crippen LogP contribution in [0.1, 0.15) is 40.1 Å². The molecule has 1 aliphatic heterocycles. The number of ketones is 1. The SMILES string of the molecule is CC(=O)c1cccc(NC(=O)C2(C)Cc3ccccc3C(=O)O2)c1. The van der Waals surface area contributed by atoms with Gasteiger partial charge in [-0.15, -0.1) is 0 Å². The summed E-state index contributed by atoms with van der Waals surface area (Å²) in [6, 6.07) is 13.7. The van der Waals surface area contributed by atoms with Gasteiger partial charge in [0.05, 0.1) is 5.56 Å². The fraction of sp³-hybridized carbons (Fsp3) is 0.211. The molecular weight excluding hydrogens is 306 g/mol. The third-order valence-electron chi connectivity index (χ3n) is 4.09. The van der Waals surface area contributed by atoms with Gasteiger partial charge >= 0.3 is 5.97 Å². The number of cyclic esters (lactones) is 1. The van der Waals surface area contributed by atoms with Crippen LogP contribution < -0.4 is 5.32 Å². The summed E-state index contributed by atoms with van der Waals surface area (Å²) in [5.41, 5.74) is 0.968. The van der Waals surface area contributed by atoms with Gasteiger partial charge in [0.25, 0.3) is 5.91 Å². The summed E-state index contributed by atoms with van der Waals surface area (Å²) in [6.07, 6.45) is 0.299. The Bertz CT molecular complexity index is 843. The lowest BCUT2D eigenvalue weighted by atomic mass is 9.89. The van der Waals surface area contributed by atoms with Crippen LogP contribution in [0.3, 0.4) is 0 Å². The van der Waals surface area contributed by atoms with Crippen LogP contribution in [0, 0.1) is 0 Å². The number of hydrogen-bond acceptors (Lipinski definition) is 4. The van der Waals surface area contributed by atoms with Crippen LogP contribution in [-0.4, -0.2) is 23.3 Å². The minimum absolute atomic E-state index is 0.0877. The van der Waals surface area contributed by atoms with Crippen LogP contribution in [0.5, 0.6) is 0 Å². The Morgan fingerprint density at radius 2 is 1.88 bits per heavy atom. The number of carbonyl (C=O) groups is 3. The maximum absolute atomic E-state index is 12.7. The second-order valence-electron chi connectivity index (χ2n) is 6.05. The second kappa shape index (κ2) is 5.92. The average Bonchev–Trinajstić information content (AvgIpc) is 2.55. The van der Waals surface area contributed by atoms with Crippen molar-refractivity contribution in [3.63, 3.8) is 0 Å². The number of rotatable bonds is 3. The third kappa shape index (κ3) is 2.93. The van der Waals surface area contributed by atoms with Crippen LogP contribution in [0.4, 0.5) is 5.69 Å². The molecule has 2 aromatic rings. The molecule has 1 amide bonds. The van der Waals surface area contributed by atoms with Gasteiger partial charge in [-0.25, -0.2) is 4.79 Å². The van der Waals surface area contributed by atoms with E-state index in [4.69, 9.17) is 4.74 Å². The Balaban J connectivity index is 1.84. The molecule has 0 fully saturated rings. The highest BCUT2D eigenvalue weighted by Crippen LogP contribution is 2.29. The summed E-state index contributed by atoms with van der Waals surface area (Å²) >= 11 is 0. The number of anilines is 1. The topological polar surface area (TPSA) is 72.5 Å². The Kier molecular flexibility index (Phi) is 3.93. The molecule has 0 spiro atoms. The third-order valence-corrected chi connectivity index (χ3v) is 4.09. The van der Waals surface area contributed by atoms with Crippen LogP contribution in [-0.2, 0) is 16.0 Å².